The maximum absolute atomic E-state index is 13.6. The summed E-state index contributed by atoms with van der Waals surface area (Å²) in [5.74, 6) is -2.41. The van der Waals surface area contributed by atoms with Crippen LogP contribution in [0.25, 0.3) is 0 Å². The van der Waals surface area contributed by atoms with E-state index in [0.717, 1.165) is 27.2 Å². The predicted molar refractivity (Wildman–Crippen MR) is 122 cm³/mol. The van der Waals surface area contributed by atoms with Crippen molar-refractivity contribution in [1.82, 2.24) is 4.90 Å². The highest BCUT2D eigenvalue weighted by atomic mass is 79.9. The first-order valence-electron chi connectivity index (χ1n) is 10.3. The molecule has 2 aromatic rings. The molecule has 1 aliphatic heterocycles. The Morgan fingerprint density at radius 1 is 0.903 bits per heavy atom. The first-order chi connectivity index (χ1) is 14.7. The van der Waals surface area contributed by atoms with Crippen molar-refractivity contribution in [3.63, 3.8) is 0 Å². The minimum atomic E-state index is -0.844. The van der Waals surface area contributed by atoms with Gasteiger partial charge in [-0.15, -0.1) is 0 Å². The van der Waals surface area contributed by atoms with Crippen molar-refractivity contribution in [3.05, 3.63) is 70.8 Å². The molecule has 2 aromatic carbocycles. The van der Waals surface area contributed by atoms with Gasteiger partial charge in [0.25, 0.3) is 0 Å². The fourth-order valence-corrected chi connectivity index (χ4v) is 7.62. The summed E-state index contributed by atoms with van der Waals surface area (Å²) >= 11 is 7.87. The number of likely N-dealkylation sites (tertiary alicyclic amines) is 1. The Hall–Kier alpha value is -1.99. The van der Waals surface area contributed by atoms with Crippen molar-refractivity contribution >= 4 is 49.6 Å². The summed E-state index contributed by atoms with van der Waals surface area (Å²) < 4.78 is 3.56. The summed E-state index contributed by atoms with van der Waals surface area (Å²) in [5, 5.41) is 0. The van der Waals surface area contributed by atoms with Gasteiger partial charge in [0, 0.05) is 0 Å². The molecule has 2 bridgehead atoms. The lowest BCUT2D eigenvalue weighted by Gasteiger charge is -2.55. The minimum absolute atomic E-state index is 0.174. The summed E-state index contributed by atoms with van der Waals surface area (Å²) in [6.45, 7) is 3.76. The second kappa shape index (κ2) is 7.01. The molecule has 2 unspecified atom stereocenters. The quantitative estimate of drug-likeness (QED) is 0.329. The number of carbonyl (C=O) groups is 3. The van der Waals surface area contributed by atoms with Crippen LogP contribution in [0.5, 0.6) is 0 Å². The summed E-state index contributed by atoms with van der Waals surface area (Å²) in [6, 6.07) is 15.8. The molecule has 0 N–H and O–H groups in total. The van der Waals surface area contributed by atoms with Crippen LogP contribution >= 0.6 is 31.9 Å². The molecule has 5 nitrogen and oxygen atoms in total. The molecule has 2 amide bonds. The van der Waals surface area contributed by atoms with Gasteiger partial charge in [0.1, 0.15) is 6.54 Å². The first kappa shape index (κ1) is 20.9. The van der Waals surface area contributed by atoms with Gasteiger partial charge in [-0.2, -0.15) is 0 Å². The standard InChI is InChI=1S/C24H21Br2NO4/c1-13(2)12-31-18(28)11-27-21(29)19-20(22(27)30)24(26)15-8-4-3-7-14(15)23(19,25)16-9-5-6-10-17(16)24/h3-10,13,19-20H,11-12H2,1-2H3. The van der Waals surface area contributed by atoms with Crippen LogP contribution in [-0.2, 0) is 27.8 Å². The van der Waals surface area contributed by atoms with E-state index in [0.29, 0.717) is 0 Å². The van der Waals surface area contributed by atoms with Crippen molar-refractivity contribution in [2.24, 2.45) is 17.8 Å². The van der Waals surface area contributed by atoms with Crippen molar-refractivity contribution in [1.29, 1.82) is 0 Å². The fraction of sp³-hybridized carbons (Fsp3) is 0.375. The molecule has 0 radical (unpaired) electrons. The van der Waals surface area contributed by atoms with E-state index in [9.17, 15) is 14.4 Å². The molecule has 6 rings (SSSR count). The highest BCUT2D eigenvalue weighted by molar-refractivity contribution is 9.10. The van der Waals surface area contributed by atoms with E-state index >= 15 is 0 Å². The second-order valence-corrected chi connectivity index (χ2v) is 11.3. The third kappa shape index (κ3) is 2.62. The molecule has 0 spiro atoms. The Kier molecular flexibility index (Phi) is 4.72. The van der Waals surface area contributed by atoms with E-state index in [-0.39, 0.29) is 30.9 Å². The second-order valence-electron chi connectivity index (χ2n) is 8.81. The predicted octanol–water partition coefficient (Wildman–Crippen LogP) is 4.09. The molecular weight excluding hydrogens is 526 g/mol. The number of benzene rings is 2. The van der Waals surface area contributed by atoms with Crippen LogP contribution in [0.1, 0.15) is 36.1 Å². The van der Waals surface area contributed by atoms with Gasteiger partial charge in [-0.1, -0.05) is 94.2 Å². The molecule has 4 aliphatic rings. The van der Waals surface area contributed by atoms with E-state index in [1.807, 2.05) is 62.4 Å². The Morgan fingerprint density at radius 2 is 1.29 bits per heavy atom. The fourth-order valence-electron chi connectivity index (χ4n) is 5.31. The number of halogens is 2. The van der Waals surface area contributed by atoms with Crippen molar-refractivity contribution in [2.75, 3.05) is 13.2 Å². The minimum Gasteiger partial charge on any atom is -0.464 e. The molecule has 1 fully saturated rings. The molecule has 3 aliphatic carbocycles. The zero-order chi connectivity index (χ0) is 22.1. The number of ether oxygens (including phenoxy) is 1. The molecule has 31 heavy (non-hydrogen) atoms. The van der Waals surface area contributed by atoms with E-state index in [2.05, 4.69) is 31.9 Å². The largest absolute Gasteiger partial charge is 0.464 e. The molecule has 1 saturated heterocycles. The van der Waals surface area contributed by atoms with Crippen LogP contribution in [0.2, 0.25) is 0 Å². The SMILES string of the molecule is CC(C)COC(=O)CN1C(=O)C2C(C1=O)C1(Br)c3ccccc3C2(Br)c2ccccc21. The molecular formula is C24H21Br2NO4. The number of esters is 1. The lowest BCUT2D eigenvalue weighted by atomic mass is 9.54. The Bertz CT molecular complexity index is 1010. The van der Waals surface area contributed by atoms with Gasteiger partial charge in [-0.05, 0) is 28.2 Å². The zero-order valence-corrected chi connectivity index (χ0v) is 20.3. The van der Waals surface area contributed by atoms with Gasteiger partial charge in [0.15, 0.2) is 0 Å². The Labute approximate surface area is 197 Å². The van der Waals surface area contributed by atoms with Gasteiger partial charge >= 0.3 is 5.97 Å². The normalized spacial score (nSPS) is 30.3. The van der Waals surface area contributed by atoms with Crippen LogP contribution < -0.4 is 0 Å². The summed E-state index contributed by atoms with van der Waals surface area (Å²) in [5.41, 5.74) is 3.88. The molecule has 7 heteroatoms. The number of carbonyl (C=O) groups excluding carboxylic acids is 3. The van der Waals surface area contributed by atoms with Gasteiger partial charge in [0.05, 0.1) is 27.1 Å². The van der Waals surface area contributed by atoms with E-state index in [1.165, 1.54) is 0 Å². The maximum Gasteiger partial charge on any atom is 0.326 e. The average Bonchev–Trinajstić information content (AvgIpc) is 3.02. The van der Waals surface area contributed by atoms with Crippen LogP contribution in [-0.4, -0.2) is 35.8 Å². The first-order valence-corrected chi connectivity index (χ1v) is 11.9. The van der Waals surface area contributed by atoms with E-state index < -0.39 is 26.5 Å². The lowest BCUT2D eigenvalue weighted by Crippen LogP contribution is -2.56. The Morgan fingerprint density at radius 3 is 1.65 bits per heavy atom. The van der Waals surface area contributed by atoms with E-state index in [4.69, 9.17) is 4.74 Å². The molecule has 1 heterocycles. The third-order valence-corrected chi connectivity index (χ3v) is 9.24. The number of hydrogen-bond acceptors (Lipinski definition) is 4. The number of hydrogen-bond donors (Lipinski definition) is 0. The number of amides is 2. The van der Waals surface area contributed by atoms with Gasteiger partial charge in [-0.3, -0.25) is 19.3 Å². The van der Waals surface area contributed by atoms with Gasteiger partial charge in [0.2, 0.25) is 11.8 Å². The maximum atomic E-state index is 13.6. The van der Waals surface area contributed by atoms with Crippen LogP contribution in [0.4, 0.5) is 0 Å². The van der Waals surface area contributed by atoms with Crippen molar-refractivity contribution in [3.8, 4) is 0 Å². The third-order valence-electron chi connectivity index (χ3n) is 6.54. The molecule has 0 aromatic heterocycles. The number of rotatable bonds is 4. The number of alkyl halides is 2. The number of imide groups is 1. The van der Waals surface area contributed by atoms with Crippen molar-refractivity contribution in [2.45, 2.75) is 22.5 Å². The summed E-state index contributed by atoms with van der Waals surface area (Å²) in [7, 11) is 0. The monoisotopic (exact) mass is 545 g/mol. The van der Waals surface area contributed by atoms with E-state index in [1.54, 1.807) is 0 Å². The highest BCUT2D eigenvalue weighted by Gasteiger charge is 2.72. The van der Waals surface area contributed by atoms with Crippen LogP contribution in [0.3, 0.4) is 0 Å². The summed E-state index contributed by atoms with van der Waals surface area (Å²) in [4.78, 5) is 40.7. The zero-order valence-electron chi connectivity index (χ0n) is 17.1. The Balaban J connectivity index is 1.64. The van der Waals surface area contributed by atoms with Crippen LogP contribution in [0, 0.1) is 17.8 Å². The smallest absolute Gasteiger partial charge is 0.326 e. The lowest BCUT2D eigenvalue weighted by molar-refractivity contribution is -0.153. The van der Waals surface area contributed by atoms with Crippen LogP contribution in [0.15, 0.2) is 48.5 Å². The highest BCUT2D eigenvalue weighted by Crippen LogP contribution is 2.70. The van der Waals surface area contributed by atoms with Gasteiger partial charge in [-0.25, -0.2) is 0 Å². The molecule has 0 saturated carbocycles. The molecule has 160 valence electrons. The number of nitrogens with zero attached hydrogens (tertiary/aromatic N) is 1. The van der Waals surface area contributed by atoms with Crippen molar-refractivity contribution < 1.29 is 19.1 Å². The molecule has 2 atom stereocenters. The topological polar surface area (TPSA) is 63.7 Å². The average molecular weight is 547 g/mol. The van der Waals surface area contributed by atoms with Gasteiger partial charge < -0.3 is 4.74 Å². The summed E-state index contributed by atoms with van der Waals surface area (Å²) in [6.07, 6.45) is 0.